The molecule has 2 aromatic rings. The number of benzene rings is 2. The summed E-state index contributed by atoms with van der Waals surface area (Å²) in [6, 6.07) is 15.1. The number of fused-ring (bicyclic) bond motifs is 1. The molecule has 3 nitrogen and oxygen atoms in total. The fourth-order valence-electron chi connectivity index (χ4n) is 3.31. The van der Waals surface area contributed by atoms with E-state index >= 15 is 0 Å². The summed E-state index contributed by atoms with van der Waals surface area (Å²) in [6.45, 7) is 2.22. The molecular weight excluding hydrogens is 274 g/mol. The zero-order valence-electron chi connectivity index (χ0n) is 13.4. The molecule has 1 heterocycles. The predicted molar refractivity (Wildman–Crippen MR) is 88.7 cm³/mol. The summed E-state index contributed by atoms with van der Waals surface area (Å²) in [6.07, 6.45) is 2.05. The van der Waals surface area contributed by atoms with E-state index in [9.17, 15) is 0 Å². The maximum atomic E-state index is 5.64. The summed E-state index contributed by atoms with van der Waals surface area (Å²) >= 11 is 0. The Labute approximate surface area is 132 Å². The van der Waals surface area contributed by atoms with E-state index in [2.05, 4.69) is 36.5 Å². The van der Waals surface area contributed by atoms with Gasteiger partial charge in [0.1, 0.15) is 11.5 Å². The molecule has 2 atom stereocenters. The Kier molecular flexibility index (Phi) is 4.34. The van der Waals surface area contributed by atoms with Crippen LogP contribution >= 0.6 is 0 Å². The predicted octanol–water partition coefficient (Wildman–Crippen LogP) is 3.72. The highest BCUT2D eigenvalue weighted by atomic mass is 16.5. The number of ether oxygens (including phenoxy) is 2. The van der Waals surface area contributed by atoms with Gasteiger partial charge in [0.15, 0.2) is 0 Å². The highest BCUT2D eigenvalue weighted by Gasteiger charge is 2.31. The van der Waals surface area contributed by atoms with Gasteiger partial charge in [0.25, 0.3) is 0 Å². The topological polar surface area (TPSA) is 30.5 Å². The summed E-state index contributed by atoms with van der Waals surface area (Å²) in [5.41, 5.74) is 3.73. The molecule has 0 amide bonds. The number of hydrogen-bond acceptors (Lipinski definition) is 3. The van der Waals surface area contributed by atoms with Gasteiger partial charge in [0.05, 0.1) is 20.3 Å². The molecule has 1 N–H and O–H groups in total. The molecule has 1 aliphatic heterocycles. The maximum absolute atomic E-state index is 5.64. The average Bonchev–Trinajstić information content (AvgIpc) is 2.60. The van der Waals surface area contributed by atoms with E-state index in [1.807, 2.05) is 18.2 Å². The van der Waals surface area contributed by atoms with Crippen molar-refractivity contribution in [2.75, 3.05) is 14.2 Å². The zero-order chi connectivity index (χ0) is 15.5. The minimum absolute atomic E-state index is 0.139. The van der Waals surface area contributed by atoms with Gasteiger partial charge in [-0.3, -0.25) is 0 Å². The van der Waals surface area contributed by atoms with Gasteiger partial charge in [-0.15, -0.1) is 0 Å². The molecule has 2 aromatic carbocycles. The Morgan fingerprint density at radius 3 is 2.32 bits per heavy atom. The van der Waals surface area contributed by atoms with E-state index in [-0.39, 0.29) is 6.04 Å². The lowest BCUT2D eigenvalue weighted by molar-refractivity contribution is 0.360. The molecule has 116 valence electrons. The van der Waals surface area contributed by atoms with Gasteiger partial charge < -0.3 is 14.8 Å². The number of rotatable bonds is 4. The van der Waals surface area contributed by atoms with Crippen LogP contribution in [0.15, 0.2) is 42.5 Å². The van der Waals surface area contributed by atoms with Crippen molar-refractivity contribution < 1.29 is 9.47 Å². The first-order valence-electron chi connectivity index (χ1n) is 7.83. The van der Waals surface area contributed by atoms with Crippen LogP contribution in [0.4, 0.5) is 0 Å². The molecule has 0 saturated carbocycles. The van der Waals surface area contributed by atoms with Crippen LogP contribution in [-0.2, 0) is 6.42 Å². The molecule has 3 rings (SSSR count). The number of methoxy groups -OCH3 is 2. The van der Waals surface area contributed by atoms with Crippen LogP contribution in [0, 0.1) is 0 Å². The SMILES string of the molecule is CCC1Cc2c(OC)ccc(OC)c2C(c2ccccc2)N1. The van der Waals surface area contributed by atoms with Crippen molar-refractivity contribution in [3.63, 3.8) is 0 Å². The lowest BCUT2D eigenvalue weighted by Gasteiger charge is -2.35. The Hall–Kier alpha value is -2.00. The van der Waals surface area contributed by atoms with Crippen LogP contribution in [0.1, 0.15) is 36.1 Å². The van der Waals surface area contributed by atoms with Gasteiger partial charge in [-0.2, -0.15) is 0 Å². The quantitative estimate of drug-likeness (QED) is 0.933. The van der Waals surface area contributed by atoms with Crippen molar-refractivity contribution in [1.29, 1.82) is 0 Å². The van der Waals surface area contributed by atoms with Crippen molar-refractivity contribution in [3.05, 3.63) is 59.2 Å². The summed E-state index contributed by atoms with van der Waals surface area (Å²) in [7, 11) is 3.47. The molecule has 0 spiro atoms. The molecule has 0 aliphatic carbocycles. The Morgan fingerprint density at radius 1 is 1.00 bits per heavy atom. The molecule has 3 heteroatoms. The highest BCUT2D eigenvalue weighted by molar-refractivity contribution is 5.54. The third-order valence-corrected chi connectivity index (χ3v) is 4.48. The molecule has 0 fully saturated rings. The Morgan fingerprint density at radius 2 is 1.68 bits per heavy atom. The van der Waals surface area contributed by atoms with E-state index in [0.29, 0.717) is 6.04 Å². The molecule has 0 aromatic heterocycles. The minimum Gasteiger partial charge on any atom is -0.496 e. The van der Waals surface area contributed by atoms with Gasteiger partial charge >= 0.3 is 0 Å². The summed E-state index contributed by atoms with van der Waals surface area (Å²) < 4.78 is 11.2. The van der Waals surface area contributed by atoms with Gasteiger partial charge in [0.2, 0.25) is 0 Å². The van der Waals surface area contributed by atoms with E-state index in [4.69, 9.17) is 9.47 Å². The van der Waals surface area contributed by atoms with Gasteiger partial charge in [-0.05, 0) is 30.5 Å². The van der Waals surface area contributed by atoms with Crippen LogP contribution in [0.2, 0.25) is 0 Å². The van der Waals surface area contributed by atoms with Gasteiger partial charge in [-0.1, -0.05) is 37.3 Å². The second-order valence-electron chi connectivity index (χ2n) is 5.68. The minimum atomic E-state index is 0.139. The second-order valence-corrected chi connectivity index (χ2v) is 5.68. The smallest absolute Gasteiger partial charge is 0.124 e. The van der Waals surface area contributed by atoms with Crippen LogP contribution in [-0.4, -0.2) is 20.3 Å². The number of nitrogens with one attached hydrogen (secondary N) is 1. The van der Waals surface area contributed by atoms with E-state index in [0.717, 1.165) is 24.3 Å². The summed E-state index contributed by atoms with van der Waals surface area (Å²) in [4.78, 5) is 0. The normalized spacial score (nSPS) is 20.3. The van der Waals surface area contributed by atoms with E-state index in [1.54, 1.807) is 14.2 Å². The molecule has 22 heavy (non-hydrogen) atoms. The third-order valence-electron chi connectivity index (χ3n) is 4.48. The summed E-state index contributed by atoms with van der Waals surface area (Å²) in [5.74, 6) is 1.88. The zero-order valence-corrected chi connectivity index (χ0v) is 13.4. The van der Waals surface area contributed by atoms with Crippen LogP contribution in [0.25, 0.3) is 0 Å². The van der Waals surface area contributed by atoms with E-state index < -0.39 is 0 Å². The second kappa shape index (κ2) is 6.41. The first-order valence-corrected chi connectivity index (χ1v) is 7.83. The van der Waals surface area contributed by atoms with Crippen molar-refractivity contribution in [2.45, 2.75) is 31.8 Å². The van der Waals surface area contributed by atoms with Gasteiger partial charge in [-0.25, -0.2) is 0 Å². The molecule has 0 saturated heterocycles. The van der Waals surface area contributed by atoms with Crippen molar-refractivity contribution in [2.24, 2.45) is 0 Å². The maximum Gasteiger partial charge on any atom is 0.124 e. The van der Waals surface area contributed by atoms with Crippen LogP contribution < -0.4 is 14.8 Å². The Balaban J connectivity index is 2.17. The van der Waals surface area contributed by atoms with Crippen molar-refractivity contribution in [3.8, 4) is 11.5 Å². The molecule has 0 bridgehead atoms. The first-order chi connectivity index (χ1) is 10.8. The standard InChI is InChI=1S/C19H23NO2/c1-4-14-12-15-16(21-2)10-11-17(22-3)18(15)19(20-14)13-8-6-5-7-9-13/h5-11,14,19-20H,4,12H2,1-3H3. The first kappa shape index (κ1) is 14.9. The lowest BCUT2D eigenvalue weighted by atomic mass is 9.84. The monoisotopic (exact) mass is 297 g/mol. The molecule has 2 unspecified atom stereocenters. The highest BCUT2D eigenvalue weighted by Crippen LogP contribution is 2.41. The van der Waals surface area contributed by atoms with Crippen LogP contribution in [0.5, 0.6) is 11.5 Å². The van der Waals surface area contributed by atoms with Crippen LogP contribution in [0.3, 0.4) is 0 Å². The largest absolute Gasteiger partial charge is 0.496 e. The Bertz CT molecular complexity index is 639. The van der Waals surface area contributed by atoms with Crippen molar-refractivity contribution >= 4 is 0 Å². The molecule has 0 radical (unpaired) electrons. The lowest BCUT2D eigenvalue weighted by Crippen LogP contribution is -2.40. The molecule has 1 aliphatic rings. The summed E-state index contributed by atoms with van der Waals surface area (Å²) in [5, 5.41) is 3.77. The van der Waals surface area contributed by atoms with E-state index in [1.165, 1.54) is 16.7 Å². The fourth-order valence-corrected chi connectivity index (χ4v) is 3.31. The van der Waals surface area contributed by atoms with Gasteiger partial charge in [0, 0.05) is 17.2 Å². The number of hydrogen-bond donors (Lipinski definition) is 1. The molecular formula is C19H23NO2. The third kappa shape index (κ3) is 2.57. The fraction of sp³-hybridized carbons (Fsp3) is 0.368. The average molecular weight is 297 g/mol. The van der Waals surface area contributed by atoms with Crippen molar-refractivity contribution in [1.82, 2.24) is 5.32 Å².